The summed E-state index contributed by atoms with van der Waals surface area (Å²) in [5.74, 6) is 0. The summed E-state index contributed by atoms with van der Waals surface area (Å²) in [4.78, 5) is 0. The summed E-state index contributed by atoms with van der Waals surface area (Å²) in [6.07, 6.45) is 7.56. The first-order valence-corrected chi connectivity index (χ1v) is 2.22. The summed E-state index contributed by atoms with van der Waals surface area (Å²) < 4.78 is 0. The Hall–Kier alpha value is 0.194. The van der Waals surface area contributed by atoms with Gasteiger partial charge in [0.15, 0.2) is 0 Å². The van der Waals surface area contributed by atoms with Crippen molar-refractivity contribution in [2.75, 3.05) is 0 Å². The third-order valence-electron chi connectivity index (χ3n) is 0.957. The molecule has 0 aromatic rings. The molecular formula is C6H8Ti. The van der Waals surface area contributed by atoms with E-state index in [1.807, 2.05) is 0 Å². The van der Waals surface area contributed by atoms with Crippen LogP contribution in [0.15, 0.2) is 23.8 Å². The Bertz CT molecular complexity index is 101. The van der Waals surface area contributed by atoms with Crippen LogP contribution >= 0.6 is 0 Å². The summed E-state index contributed by atoms with van der Waals surface area (Å²) in [5, 5.41) is 0. The minimum Gasteiger partial charge on any atom is -0.0805 e. The van der Waals surface area contributed by atoms with Crippen molar-refractivity contribution in [1.29, 1.82) is 0 Å². The molecule has 0 aromatic carbocycles. The zero-order chi connectivity index (χ0) is 4.41. The maximum absolute atomic E-state index is 2.16. The van der Waals surface area contributed by atoms with E-state index in [9.17, 15) is 0 Å². The molecule has 1 heteroatoms. The summed E-state index contributed by atoms with van der Waals surface area (Å²) >= 11 is 0. The first kappa shape index (κ1) is 7.19. The Kier molecular flexibility index (Phi) is 3.32. The largest absolute Gasteiger partial charge is 0.0805 e. The van der Waals surface area contributed by atoms with Gasteiger partial charge in [0.25, 0.3) is 0 Å². The molecule has 7 heavy (non-hydrogen) atoms. The van der Waals surface area contributed by atoms with Crippen molar-refractivity contribution in [3.8, 4) is 0 Å². The van der Waals surface area contributed by atoms with Crippen LogP contribution in [0.3, 0.4) is 0 Å². The first-order valence-electron chi connectivity index (χ1n) is 2.22. The Morgan fingerprint density at radius 1 is 1.57 bits per heavy atom. The molecule has 0 fully saturated rings. The normalized spacial score (nSPS) is 15.9. The van der Waals surface area contributed by atoms with E-state index in [0.29, 0.717) is 0 Å². The van der Waals surface area contributed by atoms with Gasteiger partial charge in [0, 0.05) is 21.7 Å². The van der Waals surface area contributed by atoms with Crippen molar-refractivity contribution >= 4 is 0 Å². The fraction of sp³-hybridized carbons (Fsp3) is 0.333. The molecule has 0 saturated heterocycles. The second-order valence-corrected chi connectivity index (χ2v) is 1.65. The van der Waals surface area contributed by atoms with Gasteiger partial charge in [-0.2, -0.15) is 0 Å². The van der Waals surface area contributed by atoms with Gasteiger partial charge in [0.1, 0.15) is 0 Å². The van der Waals surface area contributed by atoms with E-state index in [1.54, 1.807) is 0 Å². The third-order valence-corrected chi connectivity index (χ3v) is 0.957. The van der Waals surface area contributed by atoms with E-state index in [0.717, 1.165) is 0 Å². The van der Waals surface area contributed by atoms with Crippen LogP contribution in [-0.4, -0.2) is 0 Å². The summed E-state index contributed by atoms with van der Waals surface area (Å²) in [6, 6.07) is 0. The van der Waals surface area contributed by atoms with Crippen LogP contribution in [0.1, 0.15) is 13.3 Å². The first-order chi connectivity index (χ1) is 2.89. The van der Waals surface area contributed by atoms with E-state index in [1.165, 1.54) is 12.0 Å². The van der Waals surface area contributed by atoms with Gasteiger partial charge < -0.3 is 0 Å². The molecule has 0 aromatic heterocycles. The smallest absolute Gasteiger partial charge is 0 e. The number of hydrogen-bond acceptors (Lipinski definition) is 0. The second kappa shape index (κ2) is 3.23. The van der Waals surface area contributed by atoms with Gasteiger partial charge in [0.05, 0.1) is 0 Å². The molecule has 1 aliphatic rings. The zero-order valence-electron chi connectivity index (χ0n) is 4.44. The van der Waals surface area contributed by atoms with Gasteiger partial charge >= 0.3 is 0 Å². The molecule has 0 saturated carbocycles. The van der Waals surface area contributed by atoms with Crippen LogP contribution in [0.5, 0.6) is 0 Å². The third kappa shape index (κ3) is 2.11. The minimum atomic E-state index is 0. The van der Waals surface area contributed by atoms with Crippen LogP contribution in [0.25, 0.3) is 0 Å². The van der Waals surface area contributed by atoms with E-state index in [-0.39, 0.29) is 21.7 Å². The summed E-state index contributed by atoms with van der Waals surface area (Å²) in [5.41, 5.74) is 1.47. The summed E-state index contributed by atoms with van der Waals surface area (Å²) in [6.45, 7) is 2.14. The predicted molar refractivity (Wildman–Crippen MR) is 27.5 cm³/mol. The molecule has 0 radical (unpaired) electrons. The van der Waals surface area contributed by atoms with Crippen LogP contribution < -0.4 is 0 Å². The zero-order valence-corrected chi connectivity index (χ0v) is 6.00. The Morgan fingerprint density at radius 2 is 2.29 bits per heavy atom. The standard InChI is InChI=1S/C6H8.Ti/c1-6-4-2-3-5-6;/h2-4H,5H2,1H3;. The summed E-state index contributed by atoms with van der Waals surface area (Å²) in [7, 11) is 0. The monoisotopic (exact) mass is 128 g/mol. The van der Waals surface area contributed by atoms with Crippen molar-refractivity contribution in [3.05, 3.63) is 23.8 Å². The molecule has 0 unspecified atom stereocenters. The maximum atomic E-state index is 2.16. The van der Waals surface area contributed by atoms with Crippen LogP contribution in [0, 0.1) is 0 Å². The van der Waals surface area contributed by atoms with Crippen LogP contribution in [0.2, 0.25) is 0 Å². The predicted octanol–water partition coefficient (Wildman–Crippen LogP) is 1.89. The van der Waals surface area contributed by atoms with Crippen LogP contribution in [0.4, 0.5) is 0 Å². The number of allylic oxidation sites excluding steroid dienone is 4. The van der Waals surface area contributed by atoms with Crippen LogP contribution in [-0.2, 0) is 21.7 Å². The van der Waals surface area contributed by atoms with Crippen molar-refractivity contribution in [1.82, 2.24) is 0 Å². The average molecular weight is 128 g/mol. The van der Waals surface area contributed by atoms with Crippen molar-refractivity contribution in [2.24, 2.45) is 0 Å². The fourth-order valence-electron chi connectivity index (χ4n) is 0.554. The van der Waals surface area contributed by atoms with Gasteiger partial charge in [-0.1, -0.05) is 23.8 Å². The number of rotatable bonds is 0. The van der Waals surface area contributed by atoms with Gasteiger partial charge in [0.2, 0.25) is 0 Å². The Labute approximate surface area is 59.2 Å². The quantitative estimate of drug-likeness (QED) is 0.437. The van der Waals surface area contributed by atoms with Gasteiger partial charge in [-0.05, 0) is 13.3 Å². The van der Waals surface area contributed by atoms with Crippen molar-refractivity contribution in [3.63, 3.8) is 0 Å². The molecule has 0 nitrogen and oxygen atoms in total. The molecule has 0 N–H and O–H groups in total. The molecule has 0 atom stereocenters. The van der Waals surface area contributed by atoms with Crippen molar-refractivity contribution in [2.45, 2.75) is 13.3 Å². The molecule has 0 bridgehead atoms. The molecule has 0 heterocycles. The molecule has 0 amide bonds. The van der Waals surface area contributed by atoms with Gasteiger partial charge in [-0.3, -0.25) is 0 Å². The Morgan fingerprint density at radius 3 is 2.43 bits per heavy atom. The van der Waals surface area contributed by atoms with Crippen molar-refractivity contribution < 1.29 is 21.7 Å². The topological polar surface area (TPSA) is 0 Å². The van der Waals surface area contributed by atoms with E-state index < -0.39 is 0 Å². The maximum Gasteiger partial charge on any atom is 0 e. The second-order valence-electron chi connectivity index (χ2n) is 1.65. The molecule has 1 rings (SSSR count). The van der Waals surface area contributed by atoms with E-state index in [4.69, 9.17) is 0 Å². The molecule has 0 aliphatic heterocycles. The Balaban J connectivity index is 0.000000360. The molecule has 1 aliphatic carbocycles. The fourth-order valence-corrected chi connectivity index (χ4v) is 0.554. The van der Waals surface area contributed by atoms with Gasteiger partial charge in [-0.25, -0.2) is 0 Å². The molecular weight excluding hydrogens is 120 g/mol. The van der Waals surface area contributed by atoms with Gasteiger partial charge in [-0.15, -0.1) is 0 Å². The SMILES string of the molecule is CC1=CC=CC1.[Ti]. The number of hydrogen-bond donors (Lipinski definition) is 0. The molecule has 36 valence electrons. The van der Waals surface area contributed by atoms with E-state index in [2.05, 4.69) is 25.2 Å². The van der Waals surface area contributed by atoms with E-state index >= 15 is 0 Å². The minimum absolute atomic E-state index is 0. The average Bonchev–Trinajstić information content (AvgIpc) is 1.86. The molecule has 0 spiro atoms.